The highest BCUT2D eigenvalue weighted by atomic mass is 79.9. The first-order valence-corrected chi connectivity index (χ1v) is 7.28. The predicted molar refractivity (Wildman–Crippen MR) is 86.2 cm³/mol. The number of nitrogens with two attached hydrogens (primary N) is 1. The molecule has 0 unspecified atom stereocenters. The van der Waals surface area contributed by atoms with Crippen LogP contribution >= 0.6 is 15.9 Å². The molecular weight excluding hydrogens is 304 g/mol. The van der Waals surface area contributed by atoms with Gasteiger partial charge in [-0.25, -0.2) is 0 Å². The molecule has 0 radical (unpaired) electrons. The molecule has 0 saturated carbocycles. The highest BCUT2D eigenvalue weighted by Gasteiger charge is 2.08. The second kappa shape index (κ2) is 7.50. The Kier molecular flexibility index (Phi) is 6.31. The fraction of sp³-hybridized carbons (Fsp3) is 0.500. The van der Waals surface area contributed by atoms with Crippen LogP contribution in [0.15, 0.2) is 22.7 Å². The van der Waals surface area contributed by atoms with Gasteiger partial charge in [-0.3, -0.25) is 5.41 Å². The molecule has 19 heavy (non-hydrogen) atoms. The van der Waals surface area contributed by atoms with Gasteiger partial charge in [0.05, 0.1) is 0 Å². The lowest BCUT2D eigenvalue weighted by Gasteiger charge is -2.24. The zero-order chi connectivity index (χ0) is 14.4. The van der Waals surface area contributed by atoms with Gasteiger partial charge >= 0.3 is 0 Å². The maximum atomic E-state index is 7.49. The van der Waals surface area contributed by atoms with Gasteiger partial charge in [-0.05, 0) is 68.1 Å². The fourth-order valence-electron chi connectivity index (χ4n) is 1.97. The maximum Gasteiger partial charge on any atom is 0.123 e. The number of nitrogens with zero attached hydrogens (tertiary/aromatic N) is 2. The van der Waals surface area contributed by atoms with Crippen molar-refractivity contribution in [2.75, 3.05) is 38.6 Å². The van der Waals surface area contributed by atoms with Gasteiger partial charge in [-0.15, -0.1) is 0 Å². The van der Waals surface area contributed by atoms with Crippen molar-refractivity contribution in [2.45, 2.75) is 13.3 Å². The van der Waals surface area contributed by atoms with Gasteiger partial charge in [-0.1, -0.05) is 0 Å². The van der Waals surface area contributed by atoms with Crippen LogP contribution < -0.4 is 10.6 Å². The third-order valence-electron chi connectivity index (χ3n) is 3.02. The van der Waals surface area contributed by atoms with E-state index in [9.17, 15) is 0 Å². The molecule has 0 amide bonds. The number of nitrogens with one attached hydrogen (secondary N) is 1. The lowest BCUT2D eigenvalue weighted by Crippen LogP contribution is -2.27. The van der Waals surface area contributed by atoms with Crippen LogP contribution in [0.5, 0.6) is 0 Å². The average molecular weight is 327 g/mol. The number of halogens is 1. The zero-order valence-electron chi connectivity index (χ0n) is 11.9. The lowest BCUT2D eigenvalue weighted by molar-refractivity contribution is 0.400. The third-order valence-corrected chi connectivity index (χ3v) is 3.68. The smallest absolute Gasteiger partial charge is 0.123 e. The molecule has 0 atom stereocenters. The molecule has 1 aromatic rings. The largest absolute Gasteiger partial charge is 0.384 e. The minimum atomic E-state index is 0.0917. The SMILES string of the molecule is CCN(CCCN(C)C)c1ccc(C(=N)N)c(Br)c1. The highest BCUT2D eigenvalue weighted by Crippen LogP contribution is 2.24. The van der Waals surface area contributed by atoms with Crippen molar-refractivity contribution in [1.82, 2.24) is 4.90 Å². The predicted octanol–water partition coefficient (Wildman–Crippen LogP) is 2.51. The summed E-state index contributed by atoms with van der Waals surface area (Å²) in [6, 6.07) is 5.97. The lowest BCUT2D eigenvalue weighted by atomic mass is 10.1. The van der Waals surface area contributed by atoms with Gasteiger partial charge in [0, 0.05) is 28.8 Å². The van der Waals surface area contributed by atoms with E-state index in [0.717, 1.165) is 41.8 Å². The molecule has 4 nitrogen and oxygen atoms in total. The summed E-state index contributed by atoms with van der Waals surface area (Å²) in [5, 5.41) is 7.49. The van der Waals surface area contributed by atoms with Crippen LogP contribution in [0.2, 0.25) is 0 Å². The van der Waals surface area contributed by atoms with Crippen LogP contribution in [-0.4, -0.2) is 44.5 Å². The van der Waals surface area contributed by atoms with Crippen molar-refractivity contribution in [1.29, 1.82) is 5.41 Å². The van der Waals surface area contributed by atoms with Crippen LogP contribution in [0, 0.1) is 5.41 Å². The third kappa shape index (κ3) is 4.84. The standard InChI is InChI=1S/C14H23BrN4/c1-4-19(9-5-8-18(2)3)11-6-7-12(14(16)17)13(15)10-11/h6-7,10H,4-5,8-9H2,1-3H3,(H3,16,17). The van der Waals surface area contributed by atoms with Gasteiger partial charge in [0.25, 0.3) is 0 Å². The summed E-state index contributed by atoms with van der Waals surface area (Å²) in [4.78, 5) is 4.53. The highest BCUT2D eigenvalue weighted by molar-refractivity contribution is 9.10. The number of amidine groups is 1. The maximum absolute atomic E-state index is 7.49. The van der Waals surface area contributed by atoms with Gasteiger partial charge in [0.2, 0.25) is 0 Å². The van der Waals surface area contributed by atoms with E-state index >= 15 is 0 Å². The Hall–Kier alpha value is -1.07. The molecule has 0 aliphatic carbocycles. The summed E-state index contributed by atoms with van der Waals surface area (Å²) in [6.07, 6.45) is 1.13. The van der Waals surface area contributed by atoms with E-state index in [0.29, 0.717) is 0 Å². The number of nitrogen functional groups attached to an aromatic ring is 1. The number of rotatable bonds is 7. The molecule has 0 fully saturated rings. The molecule has 0 aromatic heterocycles. The molecule has 0 heterocycles. The van der Waals surface area contributed by atoms with Crippen LogP contribution in [0.3, 0.4) is 0 Å². The fourth-order valence-corrected chi connectivity index (χ4v) is 2.55. The number of hydrogen-bond donors (Lipinski definition) is 2. The Morgan fingerprint density at radius 1 is 1.32 bits per heavy atom. The van der Waals surface area contributed by atoms with Crippen molar-refractivity contribution in [3.05, 3.63) is 28.2 Å². The minimum absolute atomic E-state index is 0.0917. The Balaban J connectivity index is 2.76. The van der Waals surface area contributed by atoms with Crippen molar-refractivity contribution < 1.29 is 0 Å². The Labute approximate surface area is 124 Å². The Morgan fingerprint density at radius 2 is 2.00 bits per heavy atom. The quantitative estimate of drug-likeness (QED) is 0.598. The van der Waals surface area contributed by atoms with Crippen molar-refractivity contribution >= 4 is 27.5 Å². The number of hydrogen-bond acceptors (Lipinski definition) is 3. The second-order valence-electron chi connectivity index (χ2n) is 4.81. The molecule has 106 valence electrons. The van der Waals surface area contributed by atoms with Gasteiger partial charge in [0.1, 0.15) is 5.84 Å². The van der Waals surface area contributed by atoms with E-state index in [-0.39, 0.29) is 5.84 Å². The molecule has 1 rings (SSSR count). The first-order chi connectivity index (χ1) is 8.95. The second-order valence-corrected chi connectivity index (χ2v) is 5.67. The van der Waals surface area contributed by atoms with Crippen LogP contribution in [0.25, 0.3) is 0 Å². The molecule has 5 heteroatoms. The van der Waals surface area contributed by atoms with Gasteiger partial charge < -0.3 is 15.5 Å². The summed E-state index contributed by atoms with van der Waals surface area (Å²) in [7, 11) is 4.18. The van der Waals surface area contributed by atoms with E-state index in [1.54, 1.807) is 0 Å². The molecular formula is C14H23BrN4. The first-order valence-electron chi connectivity index (χ1n) is 6.49. The summed E-state index contributed by atoms with van der Waals surface area (Å²) < 4.78 is 0.878. The molecule has 0 aliphatic heterocycles. The molecule has 0 spiro atoms. The van der Waals surface area contributed by atoms with Crippen molar-refractivity contribution in [2.24, 2.45) is 5.73 Å². The summed E-state index contributed by atoms with van der Waals surface area (Å²) in [5.41, 5.74) is 7.43. The Morgan fingerprint density at radius 3 is 2.47 bits per heavy atom. The topological polar surface area (TPSA) is 56.4 Å². The van der Waals surface area contributed by atoms with E-state index in [4.69, 9.17) is 11.1 Å². The van der Waals surface area contributed by atoms with Crippen LogP contribution in [0.1, 0.15) is 18.9 Å². The Bertz CT molecular complexity index is 431. The zero-order valence-corrected chi connectivity index (χ0v) is 13.5. The average Bonchev–Trinajstić information content (AvgIpc) is 2.33. The molecule has 1 aromatic carbocycles. The minimum Gasteiger partial charge on any atom is -0.384 e. The first kappa shape index (κ1) is 16.0. The van der Waals surface area contributed by atoms with Gasteiger partial charge in [-0.2, -0.15) is 0 Å². The monoisotopic (exact) mass is 326 g/mol. The van der Waals surface area contributed by atoms with E-state index in [1.807, 2.05) is 18.2 Å². The van der Waals surface area contributed by atoms with Crippen molar-refractivity contribution in [3.63, 3.8) is 0 Å². The molecule has 0 saturated heterocycles. The molecule has 0 aliphatic rings. The summed E-state index contributed by atoms with van der Waals surface area (Å²) >= 11 is 3.48. The molecule has 3 N–H and O–H groups in total. The summed E-state index contributed by atoms with van der Waals surface area (Å²) in [6.45, 7) is 5.24. The van der Waals surface area contributed by atoms with Crippen molar-refractivity contribution in [3.8, 4) is 0 Å². The van der Waals surface area contributed by atoms with E-state index < -0.39 is 0 Å². The number of benzene rings is 1. The van der Waals surface area contributed by atoms with Gasteiger partial charge in [0.15, 0.2) is 0 Å². The molecule has 0 bridgehead atoms. The van der Waals surface area contributed by atoms with Crippen LogP contribution in [-0.2, 0) is 0 Å². The van der Waals surface area contributed by atoms with E-state index in [1.165, 1.54) is 0 Å². The van der Waals surface area contributed by atoms with E-state index in [2.05, 4.69) is 46.7 Å². The summed E-state index contributed by atoms with van der Waals surface area (Å²) in [5.74, 6) is 0.0917. The number of anilines is 1. The normalized spacial score (nSPS) is 10.8. The van der Waals surface area contributed by atoms with Crippen LogP contribution in [0.4, 0.5) is 5.69 Å².